The van der Waals surface area contributed by atoms with Crippen LogP contribution in [0.2, 0.25) is 10.0 Å². The Kier molecular flexibility index (Phi) is 9.71. The molecule has 0 spiro atoms. The van der Waals surface area contributed by atoms with E-state index in [2.05, 4.69) is 5.32 Å². The van der Waals surface area contributed by atoms with Crippen molar-refractivity contribution in [1.82, 2.24) is 5.32 Å². The van der Waals surface area contributed by atoms with Gasteiger partial charge in [-0.1, -0.05) is 35.3 Å². The number of aliphatic hydroxyl groups is 1. The van der Waals surface area contributed by atoms with Gasteiger partial charge in [0.25, 0.3) is 0 Å². The predicted octanol–water partition coefficient (Wildman–Crippen LogP) is 5.25. The molecule has 0 aliphatic heterocycles. The van der Waals surface area contributed by atoms with E-state index in [0.29, 0.717) is 41.3 Å². The van der Waals surface area contributed by atoms with Gasteiger partial charge in [-0.15, -0.1) is 12.4 Å². The van der Waals surface area contributed by atoms with Crippen LogP contribution in [0.4, 0.5) is 0 Å². The molecule has 0 unspecified atom stereocenters. The van der Waals surface area contributed by atoms with Crippen LogP contribution in [-0.4, -0.2) is 23.9 Å². The lowest BCUT2D eigenvalue weighted by Gasteiger charge is -2.24. The second-order valence-electron chi connectivity index (χ2n) is 6.65. The second kappa shape index (κ2) is 11.0. The van der Waals surface area contributed by atoms with Crippen LogP contribution in [0, 0.1) is 0 Å². The minimum absolute atomic E-state index is 0. The summed E-state index contributed by atoms with van der Waals surface area (Å²) in [5, 5.41) is 13.8. The van der Waals surface area contributed by atoms with Crippen LogP contribution in [0.5, 0.6) is 11.5 Å². The van der Waals surface area contributed by atoms with Gasteiger partial charge in [-0.3, -0.25) is 0 Å². The molecule has 27 heavy (non-hydrogen) atoms. The van der Waals surface area contributed by atoms with Crippen molar-refractivity contribution in [3.05, 3.63) is 57.6 Å². The van der Waals surface area contributed by atoms with E-state index in [0.717, 1.165) is 11.1 Å². The van der Waals surface area contributed by atoms with Gasteiger partial charge in [-0.2, -0.15) is 0 Å². The summed E-state index contributed by atoms with van der Waals surface area (Å²) in [6, 6.07) is 11.2. The average Bonchev–Trinajstić information content (AvgIpc) is 2.61. The number of hydrogen-bond donors (Lipinski definition) is 2. The lowest BCUT2D eigenvalue weighted by atomic mass is 10.1. The molecular weight excluding hydrogens is 409 g/mol. The van der Waals surface area contributed by atoms with Gasteiger partial charge < -0.3 is 19.9 Å². The monoisotopic (exact) mass is 433 g/mol. The molecule has 0 bridgehead atoms. The Labute approximate surface area is 177 Å². The molecular formula is C20H26Cl3NO3. The molecule has 0 aliphatic carbocycles. The van der Waals surface area contributed by atoms with Gasteiger partial charge in [0.1, 0.15) is 6.61 Å². The summed E-state index contributed by atoms with van der Waals surface area (Å²) in [7, 11) is 0. The summed E-state index contributed by atoms with van der Waals surface area (Å²) >= 11 is 12.3. The van der Waals surface area contributed by atoms with Gasteiger partial charge >= 0.3 is 0 Å². The Hall–Kier alpha value is -1.17. The third-order valence-corrected chi connectivity index (χ3v) is 4.36. The number of hydrogen-bond acceptors (Lipinski definition) is 4. The first-order valence-electron chi connectivity index (χ1n) is 8.53. The Morgan fingerprint density at radius 1 is 1.04 bits per heavy atom. The van der Waals surface area contributed by atoms with Gasteiger partial charge in [0.15, 0.2) is 11.5 Å². The summed E-state index contributed by atoms with van der Waals surface area (Å²) < 4.78 is 11.6. The molecule has 2 N–H and O–H groups in total. The van der Waals surface area contributed by atoms with E-state index >= 15 is 0 Å². The van der Waals surface area contributed by atoms with E-state index in [1.165, 1.54) is 0 Å². The molecule has 0 amide bonds. The number of aliphatic hydroxyl groups excluding tert-OH is 1. The fourth-order valence-electron chi connectivity index (χ4n) is 2.26. The molecule has 0 aromatic heterocycles. The van der Waals surface area contributed by atoms with Crippen LogP contribution < -0.4 is 14.8 Å². The first kappa shape index (κ1) is 23.9. The molecule has 7 heteroatoms. The Balaban J connectivity index is 0.00000364. The van der Waals surface area contributed by atoms with Gasteiger partial charge in [-0.05, 0) is 56.2 Å². The maximum absolute atomic E-state index is 9.36. The molecule has 2 aromatic rings. The van der Waals surface area contributed by atoms with Crippen molar-refractivity contribution in [2.45, 2.75) is 39.5 Å². The molecule has 150 valence electrons. The van der Waals surface area contributed by atoms with E-state index in [4.69, 9.17) is 32.7 Å². The van der Waals surface area contributed by atoms with Crippen LogP contribution in [0.3, 0.4) is 0 Å². The Morgan fingerprint density at radius 3 is 2.30 bits per heavy atom. The zero-order valence-electron chi connectivity index (χ0n) is 15.7. The van der Waals surface area contributed by atoms with Crippen molar-refractivity contribution >= 4 is 35.6 Å². The third-order valence-electron chi connectivity index (χ3n) is 3.83. The zero-order chi connectivity index (χ0) is 19.2. The van der Waals surface area contributed by atoms with E-state index in [1.54, 1.807) is 0 Å². The van der Waals surface area contributed by atoms with Crippen molar-refractivity contribution in [3.63, 3.8) is 0 Å². The maximum atomic E-state index is 9.36. The van der Waals surface area contributed by atoms with E-state index in [1.807, 2.05) is 57.2 Å². The molecule has 0 atom stereocenters. The lowest BCUT2D eigenvalue weighted by Crippen LogP contribution is -2.42. The highest BCUT2D eigenvalue weighted by Crippen LogP contribution is 2.37. The molecule has 0 heterocycles. The van der Waals surface area contributed by atoms with Crippen molar-refractivity contribution < 1.29 is 14.6 Å². The zero-order valence-corrected chi connectivity index (χ0v) is 18.0. The van der Waals surface area contributed by atoms with Crippen LogP contribution in [-0.2, 0) is 13.2 Å². The normalized spacial score (nSPS) is 11.0. The second-order valence-corrected chi connectivity index (χ2v) is 7.49. The molecule has 0 aliphatic rings. The first-order chi connectivity index (χ1) is 12.3. The highest BCUT2D eigenvalue weighted by Gasteiger charge is 2.17. The first-order valence-corrected chi connectivity index (χ1v) is 9.28. The van der Waals surface area contributed by atoms with Gasteiger partial charge in [0.05, 0.1) is 18.2 Å². The summed E-state index contributed by atoms with van der Waals surface area (Å²) in [6.07, 6.45) is 0. The highest BCUT2D eigenvalue weighted by molar-refractivity contribution is 6.32. The fourth-order valence-corrected chi connectivity index (χ4v) is 2.67. The number of nitrogens with one attached hydrogen (secondary N) is 1. The molecule has 0 saturated heterocycles. The quantitative estimate of drug-likeness (QED) is 0.565. The van der Waals surface area contributed by atoms with Crippen LogP contribution in [0.25, 0.3) is 0 Å². The lowest BCUT2D eigenvalue weighted by molar-refractivity contribution is 0.187. The predicted molar refractivity (Wildman–Crippen MR) is 114 cm³/mol. The maximum Gasteiger partial charge on any atom is 0.180 e. The topological polar surface area (TPSA) is 50.7 Å². The molecule has 2 rings (SSSR count). The minimum atomic E-state index is -0.373. The van der Waals surface area contributed by atoms with Crippen LogP contribution in [0.15, 0.2) is 36.4 Å². The largest absolute Gasteiger partial charge is 0.490 e. The van der Waals surface area contributed by atoms with Crippen LogP contribution in [0.1, 0.15) is 31.9 Å². The van der Waals surface area contributed by atoms with Crippen LogP contribution >= 0.6 is 35.6 Å². The minimum Gasteiger partial charge on any atom is -0.490 e. The Bertz CT molecular complexity index is 721. The average molecular weight is 435 g/mol. The van der Waals surface area contributed by atoms with Gasteiger partial charge in [-0.25, -0.2) is 0 Å². The number of rotatable bonds is 9. The third kappa shape index (κ3) is 7.40. The van der Waals surface area contributed by atoms with Gasteiger partial charge in [0, 0.05) is 17.1 Å². The number of benzene rings is 2. The van der Waals surface area contributed by atoms with E-state index in [-0.39, 0.29) is 24.6 Å². The van der Waals surface area contributed by atoms with Gasteiger partial charge in [0.2, 0.25) is 0 Å². The van der Waals surface area contributed by atoms with E-state index < -0.39 is 0 Å². The van der Waals surface area contributed by atoms with Crippen molar-refractivity contribution in [2.75, 3.05) is 13.2 Å². The Morgan fingerprint density at radius 2 is 1.70 bits per heavy atom. The molecule has 0 fully saturated rings. The summed E-state index contributed by atoms with van der Waals surface area (Å²) in [5.74, 6) is 1.13. The molecule has 2 aromatic carbocycles. The summed E-state index contributed by atoms with van der Waals surface area (Å²) in [4.78, 5) is 0. The SMILES string of the molecule is CCOc1cc(CNC(C)(C)CO)cc(Cl)c1OCc1ccc(Cl)cc1.Cl. The fraction of sp³-hybridized carbons (Fsp3) is 0.400. The van der Waals surface area contributed by atoms with Crippen molar-refractivity contribution in [1.29, 1.82) is 0 Å². The van der Waals surface area contributed by atoms with Crippen molar-refractivity contribution in [2.24, 2.45) is 0 Å². The molecule has 4 nitrogen and oxygen atoms in total. The molecule has 0 saturated carbocycles. The smallest absolute Gasteiger partial charge is 0.180 e. The highest BCUT2D eigenvalue weighted by atomic mass is 35.5. The number of ether oxygens (including phenoxy) is 2. The summed E-state index contributed by atoms with van der Waals surface area (Å²) in [6.45, 7) is 7.25. The molecule has 0 radical (unpaired) electrons. The summed E-state index contributed by atoms with van der Waals surface area (Å²) in [5.41, 5.74) is 1.57. The van der Waals surface area contributed by atoms with Crippen molar-refractivity contribution in [3.8, 4) is 11.5 Å². The standard InChI is InChI=1S/C20H25Cl2NO3.ClH/c1-4-25-18-10-15(11-23-20(2,3)13-24)9-17(22)19(18)26-12-14-5-7-16(21)8-6-14;/h5-10,23-24H,4,11-13H2,1-3H3;1H. The van der Waals surface area contributed by atoms with E-state index in [9.17, 15) is 5.11 Å². The number of halogens is 3.